The summed E-state index contributed by atoms with van der Waals surface area (Å²) >= 11 is 1.58. The monoisotopic (exact) mass is 254 g/mol. The molecule has 0 spiro atoms. The molecule has 4 nitrogen and oxygen atoms in total. The first kappa shape index (κ1) is 12.5. The van der Waals surface area contributed by atoms with E-state index in [0.717, 1.165) is 23.8 Å². The number of carboxylic acids is 1. The van der Waals surface area contributed by atoms with Crippen LogP contribution in [0.2, 0.25) is 0 Å². The van der Waals surface area contributed by atoms with Crippen LogP contribution in [0, 0.1) is 6.92 Å². The molecule has 1 fully saturated rings. The number of thiazole rings is 1. The lowest BCUT2D eigenvalue weighted by atomic mass is 10.1. The Morgan fingerprint density at radius 2 is 2.24 bits per heavy atom. The molecule has 0 amide bonds. The van der Waals surface area contributed by atoms with E-state index >= 15 is 0 Å². The lowest BCUT2D eigenvalue weighted by Crippen LogP contribution is -2.34. The highest BCUT2D eigenvalue weighted by molar-refractivity contribution is 7.09. The van der Waals surface area contributed by atoms with Crippen LogP contribution in [0.5, 0.6) is 0 Å². The summed E-state index contributed by atoms with van der Waals surface area (Å²) in [5, 5.41) is 12.0. The number of rotatable bonds is 4. The molecule has 17 heavy (non-hydrogen) atoms. The summed E-state index contributed by atoms with van der Waals surface area (Å²) in [6.45, 7) is 3.95. The van der Waals surface area contributed by atoms with Crippen molar-refractivity contribution in [3.63, 3.8) is 0 Å². The van der Waals surface area contributed by atoms with Crippen LogP contribution in [0.15, 0.2) is 5.38 Å². The largest absolute Gasteiger partial charge is 0.481 e. The van der Waals surface area contributed by atoms with Crippen LogP contribution >= 0.6 is 11.3 Å². The third-order valence-corrected chi connectivity index (χ3v) is 4.19. The molecule has 1 aliphatic heterocycles. The molecule has 1 unspecified atom stereocenters. The topological polar surface area (TPSA) is 53.4 Å². The second kappa shape index (κ2) is 5.60. The Morgan fingerprint density at radius 1 is 1.53 bits per heavy atom. The zero-order valence-corrected chi connectivity index (χ0v) is 10.9. The van der Waals surface area contributed by atoms with Crippen LogP contribution in [0.1, 0.15) is 42.4 Å². The van der Waals surface area contributed by atoms with E-state index in [4.69, 9.17) is 5.11 Å². The first-order valence-electron chi connectivity index (χ1n) is 6.04. The molecule has 0 bridgehead atoms. The number of hydrogen-bond donors (Lipinski definition) is 1. The second-order valence-corrected chi connectivity index (χ2v) is 5.43. The van der Waals surface area contributed by atoms with Gasteiger partial charge >= 0.3 is 5.97 Å². The fourth-order valence-corrected chi connectivity index (χ4v) is 3.22. The second-order valence-electron chi connectivity index (χ2n) is 4.54. The normalized spacial score (nSPS) is 19.1. The molecule has 1 N–H and O–H groups in total. The maximum Gasteiger partial charge on any atom is 0.305 e. The molecular weight excluding hydrogens is 236 g/mol. The van der Waals surface area contributed by atoms with E-state index in [-0.39, 0.29) is 12.5 Å². The summed E-state index contributed by atoms with van der Waals surface area (Å²) in [5.74, 6) is -0.742. The van der Waals surface area contributed by atoms with E-state index in [1.165, 1.54) is 19.3 Å². The molecule has 1 atom stereocenters. The summed E-state index contributed by atoms with van der Waals surface area (Å²) in [4.78, 5) is 17.7. The Labute approximate surface area is 105 Å². The number of likely N-dealkylation sites (tertiary alicyclic amines) is 1. The first-order valence-corrected chi connectivity index (χ1v) is 6.92. The van der Waals surface area contributed by atoms with Crippen LogP contribution < -0.4 is 0 Å². The lowest BCUT2D eigenvalue weighted by molar-refractivity contribution is -0.138. The van der Waals surface area contributed by atoms with Gasteiger partial charge in [0.2, 0.25) is 0 Å². The van der Waals surface area contributed by atoms with E-state index in [9.17, 15) is 4.79 Å². The van der Waals surface area contributed by atoms with Gasteiger partial charge in [0, 0.05) is 11.1 Å². The average molecular weight is 254 g/mol. The lowest BCUT2D eigenvalue weighted by Gasteiger charge is -2.32. The van der Waals surface area contributed by atoms with Crippen molar-refractivity contribution in [3.8, 4) is 0 Å². The maximum absolute atomic E-state index is 11.0. The van der Waals surface area contributed by atoms with Gasteiger partial charge in [-0.25, -0.2) is 4.98 Å². The fourth-order valence-electron chi connectivity index (χ4n) is 2.29. The first-order chi connectivity index (χ1) is 8.16. The molecule has 1 aliphatic rings. The molecule has 2 rings (SSSR count). The predicted octanol–water partition coefficient (Wildman–Crippen LogP) is 2.45. The van der Waals surface area contributed by atoms with E-state index in [1.54, 1.807) is 11.3 Å². The van der Waals surface area contributed by atoms with Gasteiger partial charge in [0.1, 0.15) is 5.01 Å². The third-order valence-electron chi connectivity index (χ3n) is 3.12. The van der Waals surface area contributed by atoms with Crippen molar-refractivity contribution in [2.45, 2.75) is 38.6 Å². The number of carboxylic acid groups (broad SMARTS) is 1. The van der Waals surface area contributed by atoms with E-state index in [1.807, 2.05) is 12.3 Å². The minimum atomic E-state index is -0.742. The molecule has 94 valence electrons. The van der Waals surface area contributed by atoms with Crippen molar-refractivity contribution in [2.24, 2.45) is 0 Å². The van der Waals surface area contributed by atoms with E-state index in [0.29, 0.717) is 0 Å². The zero-order valence-electron chi connectivity index (χ0n) is 10.1. The van der Waals surface area contributed by atoms with Crippen molar-refractivity contribution in [1.82, 2.24) is 9.88 Å². The van der Waals surface area contributed by atoms with Gasteiger partial charge in [0.15, 0.2) is 0 Å². The van der Waals surface area contributed by atoms with Gasteiger partial charge in [-0.3, -0.25) is 9.69 Å². The van der Waals surface area contributed by atoms with Crippen LogP contribution in [0.25, 0.3) is 0 Å². The summed E-state index contributed by atoms with van der Waals surface area (Å²) < 4.78 is 0. The van der Waals surface area contributed by atoms with Gasteiger partial charge in [-0.2, -0.15) is 0 Å². The minimum Gasteiger partial charge on any atom is -0.481 e. The zero-order chi connectivity index (χ0) is 12.3. The maximum atomic E-state index is 11.0. The Bertz CT molecular complexity index is 386. The number of piperidine rings is 1. The van der Waals surface area contributed by atoms with E-state index in [2.05, 4.69) is 9.88 Å². The predicted molar refractivity (Wildman–Crippen MR) is 67.3 cm³/mol. The number of aliphatic carboxylic acids is 1. The Morgan fingerprint density at radius 3 is 2.76 bits per heavy atom. The SMILES string of the molecule is Cc1csc(C(CC(=O)O)N2CCCCC2)n1. The van der Waals surface area contributed by atoms with E-state index < -0.39 is 5.97 Å². The third kappa shape index (κ3) is 3.26. The molecule has 1 saturated heterocycles. The minimum absolute atomic E-state index is 0.0356. The van der Waals surface area contributed by atoms with Gasteiger partial charge in [0.25, 0.3) is 0 Å². The van der Waals surface area contributed by atoms with Gasteiger partial charge in [0.05, 0.1) is 12.5 Å². The number of nitrogens with zero attached hydrogens (tertiary/aromatic N) is 2. The summed E-state index contributed by atoms with van der Waals surface area (Å²) in [7, 11) is 0. The van der Waals surface area contributed by atoms with Crippen molar-refractivity contribution in [2.75, 3.05) is 13.1 Å². The molecule has 0 aromatic carbocycles. The quantitative estimate of drug-likeness (QED) is 0.896. The summed E-state index contributed by atoms with van der Waals surface area (Å²) in [6, 6.07) is -0.0356. The highest BCUT2D eigenvalue weighted by Gasteiger charge is 2.26. The molecule has 1 aromatic heterocycles. The van der Waals surface area contributed by atoms with Crippen LogP contribution in [0.3, 0.4) is 0 Å². The fraction of sp³-hybridized carbons (Fsp3) is 0.667. The van der Waals surface area contributed by atoms with Gasteiger partial charge in [-0.1, -0.05) is 6.42 Å². The van der Waals surface area contributed by atoms with Crippen LogP contribution in [-0.4, -0.2) is 34.0 Å². The summed E-state index contributed by atoms with van der Waals surface area (Å²) in [5.41, 5.74) is 0.984. The number of aromatic nitrogens is 1. The van der Waals surface area contributed by atoms with Gasteiger partial charge < -0.3 is 5.11 Å². The standard InChI is InChI=1S/C12H18N2O2S/c1-9-8-17-12(13-9)10(7-11(15)16)14-5-3-2-4-6-14/h8,10H,2-7H2,1H3,(H,15,16). The smallest absolute Gasteiger partial charge is 0.305 e. The van der Waals surface area contributed by atoms with Crippen LogP contribution in [0.4, 0.5) is 0 Å². The Hall–Kier alpha value is -0.940. The highest BCUT2D eigenvalue weighted by Crippen LogP contribution is 2.29. The molecular formula is C12H18N2O2S. The number of hydrogen-bond acceptors (Lipinski definition) is 4. The van der Waals surface area contributed by atoms with Crippen molar-refractivity contribution in [3.05, 3.63) is 16.1 Å². The van der Waals surface area contributed by atoms with Crippen molar-refractivity contribution < 1.29 is 9.90 Å². The molecule has 0 saturated carbocycles. The van der Waals surface area contributed by atoms with Gasteiger partial charge in [-0.15, -0.1) is 11.3 Å². The molecule has 1 aromatic rings. The molecule has 0 aliphatic carbocycles. The molecule has 2 heterocycles. The Kier molecular flexibility index (Phi) is 4.12. The number of aryl methyl sites for hydroxylation is 1. The number of carbonyl (C=O) groups is 1. The molecule has 0 radical (unpaired) electrons. The summed E-state index contributed by atoms with van der Waals surface area (Å²) in [6.07, 6.45) is 3.75. The van der Waals surface area contributed by atoms with Crippen molar-refractivity contribution in [1.29, 1.82) is 0 Å². The van der Waals surface area contributed by atoms with Gasteiger partial charge in [-0.05, 0) is 32.9 Å². The molecule has 5 heteroatoms. The Balaban J connectivity index is 2.14. The highest BCUT2D eigenvalue weighted by atomic mass is 32.1. The van der Waals surface area contributed by atoms with Crippen molar-refractivity contribution >= 4 is 17.3 Å². The average Bonchev–Trinajstić information content (AvgIpc) is 2.73. The van der Waals surface area contributed by atoms with Crippen LogP contribution in [-0.2, 0) is 4.79 Å².